The zero-order valence-corrected chi connectivity index (χ0v) is 13.2. The van der Waals surface area contributed by atoms with Crippen molar-refractivity contribution in [2.24, 2.45) is 5.92 Å². The fourth-order valence-corrected chi connectivity index (χ4v) is 3.06. The van der Waals surface area contributed by atoms with Gasteiger partial charge in [-0.05, 0) is 37.4 Å². The second-order valence-electron chi connectivity index (χ2n) is 5.44. The number of halogens is 2. The number of likely N-dealkylation sites (tertiary alicyclic amines) is 1. The van der Waals surface area contributed by atoms with Crippen LogP contribution in [0.2, 0.25) is 10.0 Å². The van der Waals surface area contributed by atoms with Gasteiger partial charge in [0.15, 0.2) is 0 Å². The van der Waals surface area contributed by atoms with Crippen molar-refractivity contribution in [3.63, 3.8) is 0 Å². The van der Waals surface area contributed by atoms with Crippen LogP contribution in [0, 0.1) is 5.92 Å². The maximum absolute atomic E-state index is 12.0. The molecule has 1 fully saturated rings. The fraction of sp³-hybridized carbons (Fsp3) is 0.533. The number of para-hydroxylation sites is 1. The van der Waals surface area contributed by atoms with Crippen LogP contribution in [0.1, 0.15) is 26.2 Å². The smallest absolute Gasteiger partial charge is 0.225 e. The van der Waals surface area contributed by atoms with Gasteiger partial charge in [0.05, 0.1) is 15.7 Å². The van der Waals surface area contributed by atoms with E-state index >= 15 is 0 Å². The summed E-state index contributed by atoms with van der Waals surface area (Å²) >= 11 is 12.1. The Hall–Kier alpha value is -0.770. The van der Waals surface area contributed by atoms with Gasteiger partial charge in [0.25, 0.3) is 0 Å². The summed E-state index contributed by atoms with van der Waals surface area (Å²) in [5.74, 6) is 0.683. The summed E-state index contributed by atoms with van der Waals surface area (Å²) in [5.41, 5.74) is 0.507. The molecule has 1 aromatic rings. The van der Waals surface area contributed by atoms with Gasteiger partial charge in [0.1, 0.15) is 0 Å². The van der Waals surface area contributed by atoms with Gasteiger partial charge in [-0.25, -0.2) is 0 Å². The molecule has 0 saturated carbocycles. The van der Waals surface area contributed by atoms with Crippen LogP contribution in [0.15, 0.2) is 18.2 Å². The highest BCUT2D eigenvalue weighted by atomic mass is 35.5. The summed E-state index contributed by atoms with van der Waals surface area (Å²) in [7, 11) is 0. The van der Waals surface area contributed by atoms with E-state index in [0.29, 0.717) is 22.2 Å². The Morgan fingerprint density at radius 2 is 2.10 bits per heavy atom. The molecule has 1 saturated heterocycles. The van der Waals surface area contributed by atoms with Gasteiger partial charge in [-0.2, -0.15) is 0 Å². The van der Waals surface area contributed by atoms with Crippen molar-refractivity contribution in [1.82, 2.24) is 4.90 Å². The predicted molar refractivity (Wildman–Crippen MR) is 84.5 cm³/mol. The number of anilines is 1. The van der Waals surface area contributed by atoms with Gasteiger partial charge < -0.3 is 10.2 Å². The number of carbonyl (C=O) groups excluding carboxylic acids is 1. The SMILES string of the molecule is CC1CCCN(CCC(=O)Nc2c(Cl)cccc2Cl)C1. The Kier molecular flexibility index (Phi) is 5.70. The average molecular weight is 315 g/mol. The first-order valence-electron chi connectivity index (χ1n) is 7.02. The van der Waals surface area contributed by atoms with Crippen LogP contribution in [-0.2, 0) is 4.79 Å². The zero-order valence-electron chi connectivity index (χ0n) is 11.7. The normalized spacial score (nSPS) is 19.9. The molecule has 0 spiro atoms. The number of rotatable bonds is 4. The lowest BCUT2D eigenvalue weighted by Crippen LogP contribution is -2.36. The second-order valence-corrected chi connectivity index (χ2v) is 6.26. The van der Waals surface area contributed by atoms with Gasteiger partial charge in [-0.1, -0.05) is 36.2 Å². The van der Waals surface area contributed by atoms with Crippen LogP contribution >= 0.6 is 23.2 Å². The average Bonchev–Trinajstić information content (AvgIpc) is 2.41. The molecule has 3 nitrogen and oxygen atoms in total. The van der Waals surface area contributed by atoms with Gasteiger partial charge in [-0.3, -0.25) is 4.79 Å². The number of amides is 1. The molecule has 2 rings (SSSR count). The van der Waals surface area contributed by atoms with Crippen molar-refractivity contribution in [2.75, 3.05) is 25.0 Å². The van der Waals surface area contributed by atoms with E-state index in [2.05, 4.69) is 17.1 Å². The molecule has 1 aliphatic heterocycles. The quantitative estimate of drug-likeness (QED) is 0.909. The number of hydrogen-bond donors (Lipinski definition) is 1. The molecular formula is C15H20Cl2N2O. The van der Waals surface area contributed by atoms with Crippen LogP contribution in [0.5, 0.6) is 0 Å². The third kappa shape index (κ3) is 4.37. The predicted octanol–water partition coefficient (Wildman–Crippen LogP) is 4.05. The molecule has 1 aliphatic rings. The number of nitrogens with one attached hydrogen (secondary N) is 1. The van der Waals surface area contributed by atoms with Crippen LogP contribution in [0.3, 0.4) is 0 Å². The number of carbonyl (C=O) groups is 1. The molecule has 0 bridgehead atoms. The third-order valence-electron chi connectivity index (χ3n) is 3.62. The van der Waals surface area contributed by atoms with Gasteiger partial charge in [0, 0.05) is 19.5 Å². The van der Waals surface area contributed by atoms with Crippen molar-refractivity contribution in [2.45, 2.75) is 26.2 Å². The fourth-order valence-electron chi connectivity index (χ4n) is 2.57. The standard InChI is InChI=1S/C15H20Cl2N2O/c1-11-4-3-8-19(10-11)9-7-14(20)18-15-12(16)5-2-6-13(15)17/h2,5-6,11H,3-4,7-10H2,1H3,(H,18,20). The topological polar surface area (TPSA) is 32.3 Å². The molecule has 1 heterocycles. The molecule has 20 heavy (non-hydrogen) atoms. The van der Waals surface area contributed by atoms with Crippen molar-refractivity contribution in [1.29, 1.82) is 0 Å². The summed E-state index contributed by atoms with van der Waals surface area (Å²) in [6.45, 7) is 5.22. The summed E-state index contributed by atoms with van der Waals surface area (Å²) in [4.78, 5) is 14.3. The lowest BCUT2D eigenvalue weighted by atomic mass is 10.0. The lowest BCUT2D eigenvalue weighted by molar-refractivity contribution is -0.116. The van der Waals surface area contributed by atoms with Crippen molar-refractivity contribution in [3.8, 4) is 0 Å². The molecule has 1 amide bonds. The minimum Gasteiger partial charge on any atom is -0.324 e. The van der Waals surface area contributed by atoms with E-state index in [1.165, 1.54) is 12.8 Å². The highest BCUT2D eigenvalue weighted by molar-refractivity contribution is 6.39. The maximum atomic E-state index is 12.0. The van der Waals surface area contributed by atoms with Crippen molar-refractivity contribution >= 4 is 34.8 Å². The van der Waals surface area contributed by atoms with Crippen molar-refractivity contribution in [3.05, 3.63) is 28.2 Å². The highest BCUT2D eigenvalue weighted by Crippen LogP contribution is 2.29. The van der Waals surface area contributed by atoms with E-state index in [1.807, 2.05) is 0 Å². The molecule has 5 heteroatoms. The van der Waals surface area contributed by atoms with Crippen molar-refractivity contribution < 1.29 is 4.79 Å². The number of hydrogen-bond acceptors (Lipinski definition) is 2. The van der Waals surface area contributed by atoms with E-state index in [4.69, 9.17) is 23.2 Å². The van der Waals surface area contributed by atoms with Gasteiger partial charge in [-0.15, -0.1) is 0 Å². The Morgan fingerprint density at radius 1 is 1.40 bits per heavy atom. The largest absolute Gasteiger partial charge is 0.324 e. The van der Waals surface area contributed by atoms with Gasteiger partial charge >= 0.3 is 0 Å². The second kappa shape index (κ2) is 7.30. The first kappa shape index (κ1) is 15.6. The maximum Gasteiger partial charge on any atom is 0.225 e. The molecular weight excluding hydrogens is 295 g/mol. The molecule has 1 N–H and O–H groups in total. The molecule has 1 atom stereocenters. The Labute approximate surface area is 130 Å². The van der Waals surface area contributed by atoms with E-state index < -0.39 is 0 Å². The van der Waals surface area contributed by atoms with Crippen LogP contribution in [0.4, 0.5) is 5.69 Å². The molecule has 0 radical (unpaired) electrons. The molecule has 0 aromatic heterocycles. The van der Waals surface area contributed by atoms with Crippen LogP contribution in [0.25, 0.3) is 0 Å². The monoisotopic (exact) mass is 314 g/mol. The highest BCUT2D eigenvalue weighted by Gasteiger charge is 2.17. The van der Waals surface area contributed by atoms with E-state index in [9.17, 15) is 4.79 Å². The van der Waals surface area contributed by atoms with E-state index in [1.54, 1.807) is 18.2 Å². The lowest BCUT2D eigenvalue weighted by Gasteiger charge is -2.30. The Bertz CT molecular complexity index is 459. The number of piperidine rings is 1. The Balaban J connectivity index is 1.83. The molecule has 1 aromatic carbocycles. The minimum atomic E-state index is -0.0433. The zero-order chi connectivity index (χ0) is 14.5. The summed E-state index contributed by atoms with van der Waals surface area (Å²) in [6.07, 6.45) is 2.98. The van der Waals surface area contributed by atoms with E-state index in [-0.39, 0.29) is 5.91 Å². The third-order valence-corrected chi connectivity index (χ3v) is 4.25. The summed E-state index contributed by atoms with van der Waals surface area (Å²) in [5, 5.41) is 3.74. The minimum absolute atomic E-state index is 0.0433. The molecule has 0 aliphatic carbocycles. The summed E-state index contributed by atoms with van der Waals surface area (Å²) < 4.78 is 0. The van der Waals surface area contributed by atoms with E-state index in [0.717, 1.165) is 25.6 Å². The first-order chi connectivity index (χ1) is 9.56. The first-order valence-corrected chi connectivity index (χ1v) is 7.78. The van der Waals surface area contributed by atoms with Crippen LogP contribution in [-0.4, -0.2) is 30.4 Å². The molecule has 110 valence electrons. The van der Waals surface area contributed by atoms with Gasteiger partial charge in [0.2, 0.25) is 5.91 Å². The molecule has 1 unspecified atom stereocenters. The Morgan fingerprint density at radius 3 is 2.75 bits per heavy atom. The number of benzene rings is 1. The van der Waals surface area contributed by atoms with Crippen LogP contribution < -0.4 is 5.32 Å². The number of nitrogens with zero attached hydrogens (tertiary/aromatic N) is 1. The summed E-state index contributed by atoms with van der Waals surface area (Å²) in [6, 6.07) is 5.19.